The number of aromatic nitrogens is 1. The third kappa shape index (κ3) is 5.88. The first-order valence-electron chi connectivity index (χ1n) is 9.61. The van der Waals surface area contributed by atoms with Gasteiger partial charge in [0.2, 0.25) is 11.6 Å². The van der Waals surface area contributed by atoms with E-state index in [9.17, 15) is 9.59 Å². The van der Waals surface area contributed by atoms with Gasteiger partial charge in [0.25, 0.3) is 11.8 Å². The summed E-state index contributed by atoms with van der Waals surface area (Å²) >= 11 is 0. The summed E-state index contributed by atoms with van der Waals surface area (Å²) < 4.78 is 21.5. The van der Waals surface area contributed by atoms with Crippen molar-refractivity contribution < 1.29 is 28.5 Å². The number of carbonyl (C=O) groups excluding carboxylic acids is 2. The van der Waals surface area contributed by atoms with Crippen LogP contribution < -0.4 is 30.0 Å². The molecule has 166 valence electrons. The SMILES string of the molecule is COc1cc(C(=O)Nc2ccc(OCc3ccccc3)nc2)cc(OC)c1OCC(N)=O. The molecule has 0 unspecified atom stereocenters. The minimum atomic E-state index is -0.653. The molecular weight excluding hydrogens is 414 g/mol. The van der Waals surface area contributed by atoms with E-state index in [-0.39, 0.29) is 29.4 Å². The average Bonchev–Trinajstić information content (AvgIpc) is 2.82. The Bertz CT molecular complexity index is 1050. The lowest BCUT2D eigenvalue weighted by Gasteiger charge is -2.15. The standard InChI is InChI=1S/C23H23N3O6/c1-29-18-10-16(11-19(30-2)22(18)32-14-20(24)27)23(28)26-17-8-9-21(25-12-17)31-13-15-6-4-3-5-7-15/h3-12H,13-14H2,1-2H3,(H2,24,27)(H,26,28). The van der Waals surface area contributed by atoms with Crippen molar-refractivity contribution in [3.63, 3.8) is 0 Å². The molecule has 2 amide bonds. The minimum absolute atomic E-state index is 0.173. The highest BCUT2D eigenvalue weighted by Gasteiger charge is 2.18. The van der Waals surface area contributed by atoms with E-state index in [1.54, 1.807) is 12.1 Å². The molecule has 0 aliphatic rings. The van der Waals surface area contributed by atoms with E-state index in [2.05, 4.69) is 10.3 Å². The quantitative estimate of drug-likeness (QED) is 0.500. The Morgan fingerprint density at radius 1 is 0.969 bits per heavy atom. The second-order valence-electron chi connectivity index (χ2n) is 6.58. The van der Waals surface area contributed by atoms with Crippen molar-refractivity contribution in [3.8, 4) is 23.1 Å². The molecule has 0 fully saturated rings. The van der Waals surface area contributed by atoms with Crippen LogP contribution in [0.2, 0.25) is 0 Å². The molecule has 3 N–H and O–H groups in total. The molecule has 9 nitrogen and oxygen atoms in total. The van der Waals surface area contributed by atoms with E-state index in [1.807, 2.05) is 30.3 Å². The first-order valence-corrected chi connectivity index (χ1v) is 9.61. The van der Waals surface area contributed by atoms with Crippen molar-refractivity contribution in [1.82, 2.24) is 4.98 Å². The number of hydrogen-bond acceptors (Lipinski definition) is 7. The van der Waals surface area contributed by atoms with Gasteiger partial charge in [-0.25, -0.2) is 4.98 Å². The predicted molar refractivity (Wildman–Crippen MR) is 117 cm³/mol. The van der Waals surface area contributed by atoms with Crippen LogP contribution in [0.1, 0.15) is 15.9 Å². The lowest BCUT2D eigenvalue weighted by Crippen LogP contribution is -2.20. The molecule has 2 aromatic carbocycles. The average molecular weight is 437 g/mol. The van der Waals surface area contributed by atoms with Gasteiger partial charge in [-0.05, 0) is 23.8 Å². The van der Waals surface area contributed by atoms with E-state index < -0.39 is 11.8 Å². The zero-order valence-electron chi connectivity index (χ0n) is 17.7. The molecule has 3 rings (SSSR count). The second-order valence-corrected chi connectivity index (χ2v) is 6.58. The molecule has 3 aromatic rings. The summed E-state index contributed by atoms with van der Waals surface area (Å²) in [5.41, 5.74) is 6.89. The Labute approximate surface area is 185 Å². The van der Waals surface area contributed by atoms with Crippen LogP contribution in [0.4, 0.5) is 5.69 Å². The van der Waals surface area contributed by atoms with E-state index in [1.165, 1.54) is 32.5 Å². The number of nitrogens with two attached hydrogens (primary N) is 1. The molecule has 0 saturated heterocycles. The van der Waals surface area contributed by atoms with Crippen LogP contribution in [0.25, 0.3) is 0 Å². The fourth-order valence-electron chi connectivity index (χ4n) is 2.77. The molecule has 1 aromatic heterocycles. The van der Waals surface area contributed by atoms with Crippen LogP contribution in [0.15, 0.2) is 60.8 Å². The zero-order valence-corrected chi connectivity index (χ0v) is 17.7. The highest BCUT2D eigenvalue weighted by molar-refractivity contribution is 6.05. The summed E-state index contributed by atoms with van der Waals surface area (Å²) in [6.07, 6.45) is 1.50. The largest absolute Gasteiger partial charge is 0.493 e. The van der Waals surface area contributed by atoms with E-state index in [0.29, 0.717) is 18.2 Å². The number of rotatable bonds is 10. The second kappa shape index (κ2) is 10.7. The van der Waals surface area contributed by atoms with Crippen molar-refractivity contribution in [2.24, 2.45) is 5.73 Å². The lowest BCUT2D eigenvalue weighted by molar-refractivity contribution is -0.120. The molecule has 0 aliphatic carbocycles. The van der Waals surface area contributed by atoms with Crippen LogP contribution in [0, 0.1) is 0 Å². The van der Waals surface area contributed by atoms with Crippen LogP contribution in [0.5, 0.6) is 23.1 Å². The third-order valence-electron chi connectivity index (χ3n) is 4.31. The van der Waals surface area contributed by atoms with Gasteiger partial charge in [0.05, 0.1) is 26.1 Å². The molecule has 0 bridgehead atoms. The summed E-state index contributed by atoms with van der Waals surface area (Å²) in [4.78, 5) is 28.0. The Hall–Kier alpha value is -4.27. The number of amides is 2. The smallest absolute Gasteiger partial charge is 0.255 e. The summed E-state index contributed by atoms with van der Waals surface area (Å²) in [6.45, 7) is 0.0337. The van der Waals surface area contributed by atoms with Crippen molar-refractivity contribution in [1.29, 1.82) is 0 Å². The Kier molecular flexibility index (Phi) is 7.47. The zero-order chi connectivity index (χ0) is 22.9. The fraction of sp³-hybridized carbons (Fsp3) is 0.174. The van der Waals surface area contributed by atoms with Crippen molar-refractivity contribution in [3.05, 3.63) is 71.9 Å². The number of hydrogen-bond donors (Lipinski definition) is 2. The fourth-order valence-corrected chi connectivity index (χ4v) is 2.77. The van der Waals surface area contributed by atoms with Gasteiger partial charge in [0.15, 0.2) is 18.1 Å². The summed E-state index contributed by atoms with van der Waals surface area (Å²) in [5.74, 6) is -0.0161. The highest BCUT2D eigenvalue weighted by atomic mass is 16.5. The number of methoxy groups -OCH3 is 2. The first-order chi connectivity index (χ1) is 15.5. The molecule has 0 spiro atoms. The van der Waals surface area contributed by atoms with Crippen LogP contribution >= 0.6 is 0 Å². The lowest BCUT2D eigenvalue weighted by atomic mass is 10.1. The predicted octanol–water partition coefficient (Wildman–Crippen LogP) is 2.79. The highest BCUT2D eigenvalue weighted by Crippen LogP contribution is 2.38. The third-order valence-corrected chi connectivity index (χ3v) is 4.31. The van der Waals surface area contributed by atoms with Crippen molar-refractivity contribution in [2.75, 3.05) is 26.1 Å². The molecular formula is C23H23N3O6. The molecule has 0 saturated carbocycles. The number of nitrogens with one attached hydrogen (secondary N) is 1. The number of nitrogens with zero attached hydrogens (tertiary/aromatic N) is 1. The van der Waals surface area contributed by atoms with Gasteiger partial charge in [-0.1, -0.05) is 30.3 Å². The van der Waals surface area contributed by atoms with Crippen LogP contribution in [-0.4, -0.2) is 37.6 Å². The molecule has 0 radical (unpaired) electrons. The van der Waals surface area contributed by atoms with Crippen LogP contribution in [0.3, 0.4) is 0 Å². The molecule has 0 aliphatic heterocycles. The van der Waals surface area contributed by atoms with Gasteiger partial charge < -0.3 is 30.0 Å². The van der Waals surface area contributed by atoms with Gasteiger partial charge in [-0.2, -0.15) is 0 Å². The van der Waals surface area contributed by atoms with Crippen LogP contribution in [-0.2, 0) is 11.4 Å². The van der Waals surface area contributed by atoms with E-state index >= 15 is 0 Å². The summed E-state index contributed by atoms with van der Waals surface area (Å²) in [7, 11) is 2.82. The number of pyridine rings is 1. The van der Waals surface area contributed by atoms with E-state index in [0.717, 1.165) is 5.56 Å². The Morgan fingerprint density at radius 2 is 1.66 bits per heavy atom. The molecule has 0 atom stereocenters. The number of anilines is 1. The van der Waals surface area contributed by atoms with Gasteiger partial charge in [-0.3, -0.25) is 9.59 Å². The summed E-state index contributed by atoms with van der Waals surface area (Å²) in [6, 6.07) is 16.0. The number of benzene rings is 2. The Morgan fingerprint density at radius 3 is 2.22 bits per heavy atom. The normalized spacial score (nSPS) is 10.2. The van der Waals surface area contributed by atoms with Gasteiger partial charge >= 0.3 is 0 Å². The number of ether oxygens (including phenoxy) is 4. The molecule has 1 heterocycles. The Balaban J connectivity index is 1.68. The summed E-state index contributed by atoms with van der Waals surface area (Å²) in [5, 5.41) is 2.75. The first kappa shape index (κ1) is 22.4. The molecule has 32 heavy (non-hydrogen) atoms. The number of carbonyl (C=O) groups is 2. The van der Waals surface area contributed by atoms with Crippen molar-refractivity contribution >= 4 is 17.5 Å². The minimum Gasteiger partial charge on any atom is -0.493 e. The van der Waals surface area contributed by atoms with E-state index in [4.69, 9.17) is 24.7 Å². The molecule has 9 heteroatoms. The maximum atomic E-state index is 12.7. The maximum Gasteiger partial charge on any atom is 0.255 e. The topological polar surface area (TPSA) is 122 Å². The van der Waals surface area contributed by atoms with Gasteiger partial charge in [0, 0.05) is 11.6 Å². The number of primary amides is 1. The monoisotopic (exact) mass is 437 g/mol. The van der Waals surface area contributed by atoms with Gasteiger partial charge in [0.1, 0.15) is 6.61 Å². The maximum absolute atomic E-state index is 12.7. The van der Waals surface area contributed by atoms with Crippen molar-refractivity contribution in [2.45, 2.75) is 6.61 Å². The van der Waals surface area contributed by atoms with Gasteiger partial charge in [-0.15, -0.1) is 0 Å².